The molecule has 0 spiro atoms. The maximum atomic E-state index is 13.0. The van der Waals surface area contributed by atoms with Crippen LogP contribution in [-0.4, -0.2) is 8.42 Å². The zero-order valence-electron chi connectivity index (χ0n) is 9.61. The lowest BCUT2D eigenvalue weighted by molar-refractivity contribution is 0.479. The summed E-state index contributed by atoms with van der Waals surface area (Å²) in [5, 5.41) is 0.00461. The molecular weight excluding hydrogens is 333 g/mol. The van der Waals surface area contributed by atoms with Crippen molar-refractivity contribution in [2.45, 2.75) is 4.90 Å². The summed E-state index contributed by atoms with van der Waals surface area (Å²) >= 11 is 11.5. The Labute approximate surface area is 123 Å². The Morgan fingerprint density at radius 1 is 1.00 bits per heavy atom. The van der Waals surface area contributed by atoms with Gasteiger partial charge in [0.25, 0.3) is 0 Å². The quantitative estimate of drug-likeness (QED) is 0.793. The van der Waals surface area contributed by atoms with E-state index in [1.165, 1.54) is 18.2 Å². The number of hydrogen-bond acceptors (Lipinski definition) is 3. The van der Waals surface area contributed by atoms with E-state index in [0.717, 1.165) is 6.07 Å². The van der Waals surface area contributed by atoms with Crippen LogP contribution in [0.5, 0.6) is 5.75 Å². The maximum absolute atomic E-state index is 13.0. The van der Waals surface area contributed by atoms with Gasteiger partial charge < -0.3 is 4.18 Å². The van der Waals surface area contributed by atoms with Gasteiger partial charge in [0.05, 0.1) is 5.02 Å². The summed E-state index contributed by atoms with van der Waals surface area (Å²) in [4.78, 5) is -0.535. The monoisotopic (exact) mass is 338 g/mol. The predicted octanol–water partition coefficient (Wildman–Crippen LogP) is 4.04. The van der Waals surface area contributed by atoms with Crippen molar-refractivity contribution in [3.63, 3.8) is 0 Å². The average Bonchev–Trinajstić information content (AvgIpc) is 2.38. The largest absolute Gasteiger partial charge is 0.377 e. The predicted molar refractivity (Wildman–Crippen MR) is 70.6 cm³/mol. The van der Waals surface area contributed by atoms with Crippen LogP contribution in [0.2, 0.25) is 10.0 Å². The highest BCUT2D eigenvalue weighted by Gasteiger charge is 2.20. The van der Waals surface area contributed by atoms with Gasteiger partial charge in [0.2, 0.25) is 0 Å². The summed E-state index contributed by atoms with van der Waals surface area (Å²) in [5.41, 5.74) is 0. The molecule has 2 aromatic rings. The van der Waals surface area contributed by atoms with Crippen LogP contribution in [0.25, 0.3) is 0 Å². The van der Waals surface area contributed by atoms with Gasteiger partial charge in [0.15, 0.2) is 17.4 Å². The van der Waals surface area contributed by atoms with Gasteiger partial charge >= 0.3 is 10.1 Å². The maximum Gasteiger partial charge on any atom is 0.339 e. The first-order valence-electron chi connectivity index (χ1n) is 5.15. The molecule has 20 heavy (non-hydrogen) atoms. The summed E-state index contributed by atoms with van der Waals surface area (Å²) in [7, 11) is -4.34. The van der Waals surface area contributed by atoms with Crippen molar-refractivity contribution in [3.8, 4) is 5.75 Å². The lowest BCUT2D eigenvalue weighted by Gasteiger charge is -2.09. The number of benzene rings is 2. The van der Waals surface area contributed by atoms with E-state index in [1.807, 2.05) is 0 Å². The zero-order valence-corrected chi connectivity index (χ0v) is 11.9. The standard InChI is InChI=1S/C12H6Cl2F2O3S/c13-8-2-1-3-11(12(8)14)19-20(17,18)7-4-5-9(15)10(16)6-7/h1-6H. The van der Waals surface area contributed by atoms with Gasteiger partial charge in [0.1, 0.15) is 9.92 Å². The first-order valence-corrected chi connectivity index (χ1v) is 7.31. The first-order chi connectivity index (χ1) is 9.31. The molecule has 0 saturated carbocycles. The fourth-order valence-electron chi connectivity index (χ4n) is 1.35. The molecule has 0 heterocycles. The van der Waals surface area contributed by atoms with Gasteiger partial charge in [0, 0.05) is 0 Å². The van der Waals surface area contributed by atoms with Gasteiger partial charge in [-0.2, -0.15) is 8.42 Å². The third-order valence-electron chi connectivity index (χ3n) is 2.30. The van der Waals surface area contributed by atoms with Gasteiger partial charge in [-0.15, -0.1) is 0 Å². The second kappa shape index (κ2) is 5.55. The lowest BCUT2D eigenvalue weighted by Crippen LogP contribution is -2.10. The van der Waals surface area contributed by atoms with E-state index in [-0.39, 0.29) is 15.8 Å². The molecule has 0 amide bonds. The number of rotatable bonds is 3. The molecule has 0 unspecified atom stereocenters. The van der Waals surface area contributed by atoms with Crippen molar-refractivity contribution in [2.75, 3.05) is 0 Å². The van der Waals surface area contributed by atoms with Crippen molar-refractivity contribution in [1.82, 2.24) is 0 Å². The molecule has 0 fully saturated rings. The highest BCUT2D eigenvalue weighted by Crippen LogP contribution is 2.33. The molecule has 0 aromatic heterocycles. The lowest BCUT2D eigenvalue weighted by atomic mass is 10.3. The molecule has 0 bridgehead atoms. The third kappa shape index (κ3) is 3.03. The molecule has 2 aromatic carbocycles. The summed E-state index contributed by atoms with van der Waals surface area (Å²) in [6.07, 6.45) is 0. The Morgan fingerprint density at radius 2 is 1.70 bits per heavy atom. The van der Waals surface area contributed by atoms with Crippen LogP contribution in [0.15, 0.2) is 41.3 Å². The van der Waals surface area contributed by atoms with Crippen LogP contribution in [0.4, 0.5) is 8.78 Å². The van der Waals surface area contributed by atoms with E-state index in [9.17, 15) is 17.2 Å². The Morgan fingerprint density at radius 3 is 2.35 bits per heavy atom. The summed E-state index contributed by atoms with van der Waals surface area (Å²) in [5.74, 6) is -2.67. The van der Waals surface area contributed by atoms with Crippen LogP contribution in [0.1, 0.15) is 0 Å². The molecule has 0 aliphatic heterocycles. The third-order valence-corrected chi connectivity index (χ3v) is 4.33. The van der Waals surface area contributed by atoms with Crippen molar-refractivity contribution < 1.29 is 21.4 Å². The van der Waals surface area contributed by atoms with E-state index in [4.69, 9.17) is 27.4 Å². The molecule has 106 valence electrons. The molecule has 0 saturated heterocycles. The van der Waals surface area contributed by atoms with E-state index in [0.29, 0.717) is 12.1 Å². The van der Waals surface area contributed by atoms with E-state index >= 15 is 0 Å². The number of hydrogen-bond donors (Lipinski definition) is 0. The van der Waals surface area contributed by atoms with Gasteiger partial charge in [-0.1, -0.05) is 29.3 Å². The minimum atomic E-state index is -4.34. The Bertz CT molecular complexity index is 763. The van der Waals surface area contributed by atoms with E-state index in [2.05, 4.69) is 0 Å². The van der Waals surface area contributed by atoms with E-state index in [1.54, 1.807) is 0 Å². The van der Waals surface area contributed by atoms with Gasteiger partial charge in [-0.3, -0.25) is 0 Å². The van der Waals surface area contributed by atoms with Gasteiger partial charge in [-0.05, 0) is 30.3 Å². The normalized spacial score (nSPS) is 11.4. The first kappa shape index (κ1) is 15.0. The van der Waals surface area contributed by atoms with Crippen molar-refractivity contribution in [3.05, 3.63) is 58.1 Å². The molecule has 0 N–H and O–H groups in total. The Kier molecular flexibility index (Phi) is 4.17. The van der Waals surface area contributed by atoms with Crippen LogP contribution in [-0.2, 0) is 10.1 Å². The summed E-state index contributed by atoms with van der Waals surface area (Å²) in [6.45, 7) is 0. The zero-order chi connectivity index (χ0) is 14.9. The molecule has 2 rings (SSSR count). The fraction of sp³-hybridized carbons (Fsp3) is 0. The Hall–Kier alpha value is -1.37. The van der Waals surface area contributed by atoms with Gasteiger partial charge in [-0.25, -0.2) is 8.78 Å². The summed E-state index contributed by atoms with van der Waals surface area (Å²) in [6, 6.07) is 6.25. The SMILES string of the molecule is O=S(=O)(Oc1cccc(Cl)c1Cl)c1ccc(F)c(F)c1. The van der Waals surface area contributed by atoms with Crippen LogP contribution in [0.3, 0.4) is 0 Å². The summed E-state index contributed by atoms with van der Waals surface area (Å²) < 4.78 is 54.4. The fourth-order valence-corrected chi connectivity index (χ4v) is 2.68. The molecule has 0 radical (unpaired) electrons. The Balaban J connectivity index is 2.41. The molecule has 3 nitrogen and oxygen atoms in total. The second-order valence-corrected chi connectivity index (χ2v) is 6.00. The molecule has 0 aliphatic rings. The highest BCUT2D eigenvalue weighted by atomic mass is 35.5. The van der Waals surface area contributed by atoms with Crippen LogP contribution >= 0.6 is 23.2 Å². The second-order valence-electron chi connectivity index (χ2n) is 3.67. The van der Waals surface area contributed by atoms with Crippen LogP contribution < -0.4 is 4.18 Å². The smallest absolute Gasteiger partial charge is 0.339 e. The van der Waals surface area contributed by atoms with Crippen LogP contribution in [0, 0.1) is 11.6 Å². The van der Waals surface area contributed by atoms with Crippen molar-refractivity contribution in [1.29, 1.82) is 0 Å². The number of halogens is 4. The average molecular weight is 339 g/mol. The van der Waals surface area contributed by atoms with Crippen molar-refractivity contribution in [2.24, 2.45) is 0 Å². The molecule has 0 atom stereocenters. The molecular formula is C12H6Cl2F2O3S. The van der Waals surface area contributed by atoms with Crippen molar-refractivity contribution >= 4 is 33.3 Å². The topological polar surface area (TPSA) is 43.4 Å². The molecule has 8 heteroatoms. The van der Waals surface area contributed by atoms with E-state index < -0.39 is 26.6 Å². The highest BCUT2D eigenvalue weighted by molar-refractivity contribution is 7.87. The minimum absolute atomic E-state index is 0.0969. The minimum Gasteiger partial charge on any atom is -0.377 e. The molecule has 0 aliphatic carbocycles.